The van der Waals surface area contributed by atoms with Gasteiger partial charge in [0.25, 0.3) is 0 Å². The van der Waals surface area contributed by atoms with E-state index in [1.165, 1.54) is 6.92 Å². The zero-order valence-electron chi connectivity index (χ0n) is 14.8. The number of amides is 2. The van der Waals surface area contributed by atoms with Crippen LogP contribution in [0.3, 0.4) is 0 Å². The summed E-state index contributed by atoms with van der Waals surface area (Å²) in [4.78, 5) is 35.7. The van der Waals surface area contributed by atoms with Gasteiger partial charge in [-0.1, -0.05) is 58.4 Å². The SMILES string of the molecule is CC(=O)N[C@@H](Cc1ccccc1)C(=O)N[C@@H](Cc1ccc(Br)cc1)C(=O)O. The predicted octanol–water partition coefficient (Wildman–Crippen LogP) is 2.31. The molecule has 142 valence electrons. The van der Waals surface area contributed by atoms with E-state index < -0.39 is 24.0 Å². The van der Waals surface area contributed by atoms with Gasteiger partial charge in [-0.05, 0) is 23.3 Å². The molecule has 2 aromatic carbocycles. The molecular weight excluding hydrogens is 412 g/mol. The first kappa shape index (κ1) is 20.6. The lowest BCUT2D eigenvalue weighted by Gasteiger charge is -2.21. The number of halogens is 1. The Bertz CT molecular complexity index is 793. The average molecular weight is 433 g/mol. The predicted molar refractivity (Wildman–Crippen MR) is 105 cm³/mol. The van der Waals surface area contributed by atoms with E-state index in [0.717, 1.165) is 15.6 Å². The van der Waals surface area contributed by atoms with E-state index in [9.17, 15) is 19.5 Å². The summed E-state index contributed by atoms with van der Waals surface area (Å²) in [6.45, 7) is 1.32. The van der Waals surface area contributed by atoms with E-state index in [2.05, 4.69) is 26.6 Å². The molecule has 0 aliphatic rings. The zero-order chi connectivity index (χ0) is 19.8. The third-order valence-electron chi connectivity index (χ3n) is 3.94. The van der Waals surface area contributed by atoms with Crippen molar-refractivity contribution in [2.24, 2.45) is 0 Å². The third-order valence-corrected chi connectivity index (χ3v) is 4.47. The second-order valence-electron chi connectivity index (χ2n) is 6.17. The fraction of sp³-hybridized carbons (Fsp3) is 0.250. The van der Waals surface area contributed by atoms with Crippen LogP contribution in [-0.4, -0.2) is 35.0 Å². The standard InChI is InChI=1S/C20H21BrN2O4/c1-13(24)22-17(11-14-5-3-2-4-6-14)19(25)23-18(20(26)27)12-15-7-9-16(21)10-8-15/h2-10,17-18H,11-12H2,1H3,(H,22,24)(H,23,25)(H,26,27)/t17-,18-/m0/s1. The average Bonchev–Trinajstić information content (AvgIpc) is 2.62. The van der Waals surface area contributed by atoms with Gasteiger partial charge < -0.3 is 15.7 Å². The molecule has 6 nitrogen and oxygen atoms in total. The van der Waals surface area contributed by atoms with Gasteiger partial charge in [-0.3, -0.25) is 9.59 Å². The summed E-state index contributed by atoms with van der Waals surface area (Å²) in [5, 5.41) is 14.6. The number of carbonyl (C=O) groups excluding carboxylic acids is 2. The van der Waals surface area contributed by atoms with Crippen LogP contribution in [0, 0.1) is 0 Å². The largest absolute Gasteiger partial charge is 0.480 e. The van der Waals surface area contributed by atoms with Gasteiger partial charge in [0, 0.05) is 24.2 Å². The number of carbonyl (C=O) groups is 3. The van der Waals surface area contributed by atoms with Gasteiger partial charge in [-0.2, -0.15) is 0 Å². The summed E-state index contributed by atoms with van der Waals surface area (Å²) in [5.74, 6) is -2.02. The Hall–Kier alpha value is -2.67. The van der Waals surface area contributed by atoms with Gasteiger partial charge in [0.15, 0.2) is 0 Å². The topological polar surface area (TPSA) is 95.5 Å². The lowest BCUT2D eigenvalue weighted by molar-refractivity contribution is -0.142. The summed E-state index contributed by atoms with van der Waals surface area (Å²) < 4.78 is 0.885. The Morgan fingerprint density at radius 3 is 2.00 bits per heavy atom. The first-order valence-electron chi connectivity index (χ1n) is 8.44. The van der Waals surface area contributed by atoms with Crippen molar-refractivity contribution in [2.45, 2.75) is 31.8 Å². The monoisotopic (exact) mass is 432 g/mol. The maximum absolute atomic E-state index is 12.6. The molecule has 0 saturated heterocycles. The number of aliphatic carboxylic acids is 1. The fourth-order valence-electron chi connectivity index (χ4n) is 2.63. The van der Waals surface area contributed by atoms with Crippen molar-refractivity contribution < 1.29 is 19.5 Å². The molecule has 7 heteroatoms. The highest BCUT2D eigenvalue weighted by molar-refractivity contribution is 9.10. The van der Waals surface area contributed by atoms with Crippen molar-refractivity contribution in [3.63, 3.8) is 0 Å². The molecule has 0 aliphatic carbocycles. The van der Waals surface area contributed by atoms with Gasteiger partial charge in [0.1, 0.15) is 12.1 Å². The molecule has 2 rings (SSSR count). The second kappa shape index (κ2) is 9.87. The van der Waals surface area contributed by atoms with Crippen LogP contribution in [0.15, 0.2) is 59.1 Å². The van der Waals surface area contributed by atoms with Gasteiger partial charge >= 0.3 is 5.97 Å². The number of rotatable bonds is 8. The Morgan fingerprint density at radius 2 is 1.44 bits per heavy atom. The molecule has 0 heterocycles. The fourth-order valence-corrected chi connectivity index (χ4v) is 2.90. The second-order valence-corrected chi connectivity index (χ2v) is 7.09. The maximum atomic E-state index is 12.6. The minimum Gasteiger partial charge on any atom is -0.480 e. The molecule has 3 N–H and O–H groups in total. The van der Waals surface area contributed by atoms with Crippen molar-refractivity contribution in [2.75, 3.05) is 0 Å². The Labute approximate surface area is 166 Å². The number of benzene rings is 2. The summed E-state index contributed by atoms with van der Waals surface area (Å²) in [7, 11) is 0. The van der Waals surface area contributed by atoms with Crippen molar-refractivity contribution in [3.05, 3.63) is 70.2 Å². The summed E-state index contributed by atoms with van der Waals surface area (Å²) in [5.41, 5.74) is 1.65. The molecule has 27 heavy (non-hydrogen) atoms. The number of hydrogen-bond acceptors (Lipinski definition) is 3. The van der Waals surface area contributed by atoms with Crippen LogP contribution in [0.1, 0.15) is 18.1 Å². The summed E-state index contributed by atoms with van der Waals surface area (Å²) >= 11 is 3.33. The number of hydrogen-bond donors (Lipinski definition) is 3. The third kappa shape index (κ3) is 6.86. The molecule has 2 amide bonds. The van der Waals surface area contributed by atoms with Crippen LogP contribution in [-0.2, 0) is 27.2 Å². The Morgan fingerprint density at radius 1 is 0.889 bits per heavy atom. The lowest BCUT2D eigenvalue weighted by atomic mass is 10.0. The first-order chi connectivity index (χ1) is 12.8. The van der Waals surface area contributed by atoms with E-state index in [-0.39, 0.29) is 18.7 Å². The minimum absolute atomic E-state index is 0.145. The van der Waals surface area contributed by atoms with Crippen LogP contribution in [0.25, 0.3) is 0 Å². The number of carboxylic acids is 1. The molecule has 0 radical (unpaired) electrons. The van der Waals surface area contributed by atoms with Crippen molar-refractivity contribution in [3.8, 4) is 0 Å². The minimum atomic E-state index is -1.13. The molecule has 0 fully saturated rings. The summed E-state index contributed by atoms with van der Waals surface area (Å²) in [6.07, 6.45) is 0.420. The lowest BCUT2D eigenvalue weighted by Crippen LogP contribution is -2.52. The molecule has 0 saturated carbocycles. The molecule has 2 aromatic rings. The molecule has 0 spiro atoms. The first-order valence-corrected chi connectivity index (χ1v) is 9.23. The van der Waals surface area contributed by atoms with Crippen LogP contribution >= 0.6 is 15.9 Å². The van der Waals surface area contributed by atoms with Crippen molar-refractivity contribution in [1.82, 2.24) is 10.6 Å². The number of nitrogens with one attached hydrogen (secondary N) is 2. The smallest absolute Gasteiger partial charge is 0.326 e. The van der Waals surface area contributed by atoms with E-state index in [1.54, 1.807) is 12.1 Å². The Balaban J connectivity index is 2.10. The molecule has 0 aromatic heterocycles. The van der Waals surface area contributed by atoms with Crippen LogP contribution in [0.2, 0.25) is 0 Å². The van der Waals surface area contributed by atoms with E-state index in [0.29, 0.717) is 0 Å². The normalized spacial score (nSPS) is 12.7. The molecule has 0 unspecified atom stereocenters. The Kier molecular flexibility index (Phi) is 7.55. The zero-order valence-corrected chi connectivity index (χ0v) is 16.4. The van der Waals surface area contributed by atoms with Crippen LogP contribution in [0.5, 0.6) is 0 Å². The molecule has 0 aliphatic heterocycles. The molecule has 2 atom stereocenters. The van der Waals surface area contributed by atoms with Crippen LogP contribution in [0.4, 0.5) is 0 Å². The highest BCUT2D eigenvalue weighted by atomic mass is 79.9. The molecule has 0 bridgehead atoms. The van der Waals surface area contributed by atoms with Crippen molar-refractivity contribution >= 4 is 33.7 Å². The van der Waals surface area contributed by atoms with E-state index in [4.69, 9.17) is 0 Å². The molecular formula is C20H21BrN2O4. The highest BCUT2D eigenvalue weighted by Gasteiger charge is 2.26. The van der Waals surface area contributed by atoms with Gasteiger partial charge in [-0.25, -0.2) is 4.79 Å². The summed E-state index contributed by atoms with van der Waals surface area (Å²) in [6, 6.07) is 14.5. The van der Waals surface area contributed by atoms with Gasteiger partial charge in [-0.15, -0.1) is 0 Å². The maximum Gasteiger partial charge on any atom is 0.326 e. The quantitative estimate of drug-likeness (QED) is 0.596. The van der Waals surface area contributed by atoms with E-state index in [1.807, 2.05) is 42.5 Å². The van der Waals surface area contributed by atoms with Crippen molar-refractivity contribution in [1.29, 1.82) is 0 Å². The highest BCUT2D eigenvalue weighted by Crippen LogP contribution is 2.12. The van der Waals surface area contributed by atoms with Gasteiger partial charge in [0.2, 0.25) is 11.8 Å². The van der Waals surface area contributed by atoms with Gasteiger partial charge in [0.05, 0.1) is 0 Å². The van der Waals surface area contributed by atoms with E-state index >= 15 is 0 Å². The number of carboxylic acid groups (broad SMARTS) is 1. The van der Waals surface area contributed by atoms with Crippen LogP contribution < -0.4 is 10.6 Å².